The number of alkyl halides is 3. The van der Waals surface area contributed by atoms with Crippen molar-refractivity contribution in [2.75, 3.05) is 0 Å². The van der Waals surface area contributed by atoms with Crippen molar-refractivity contribution in [3.05, 3.63) is 11.1 Å². The fourth-order valence-electron chi connectivity index (χ4n) is 1.69. The molecule has 2 nitrogen and oxygen atoms in total. The van der Waals surface area contributed by atoms with Gasteiger partial charge in [-0.25, -0.2) is 0 Å². The van der Waals surface area contributed by atoms with Crippen LogP contribution in [0, 0.1) is 17.3 Å². The molecule has 7 heteroatoms. The molecular weight excluding hydrogens is 256 g/mol. The molecule has 1 rings (SSSR count). The van der Waals surface area contributed by atoms with Crippen LogP contribution < -0.4 is 34.7 Å². The zero-order chi connectivity index (χ0) is 12.0. The van der Waals surface area contributed by atoms with Crippen LogP contribution in [0.2, 0.25) is 0 Å². The van der Waals surface area contributed by atoms with Gasteiger partial charge in [0.1, 0.15) is 5.03 Å². The third kappa shape index (κ3) is 3.15. The molecule has 0 aromatic rings. The molecule has 0 radical (unpaired) electrons. The van der Waals surface area contributed by atoms with E-state index in [1.54, 1.807) is 13.8 Å². The van der Waals surface area contributed by atoms with E-state index in [1.807, 2.05) is 0 Å². The second kappa shape index (κ2) is 4.88. The van der Waals surface area contributed by atoms with Gasteiger partial charge in [0.15, 0.2) is 0 Å². The number of carboxylic acids is 1. The van der Waals surface area contributed by atoms with Gasteiger partial charge in [0.25, 0.3) is 0 Å². The van der Waals surface area contributed by atoms with E-state index < -0.39 is 34.4 Å². The fraction of sp³-hybridized carbons (Fsp3) is 0.667. The van der Waals surface area contributed by atoms with Crippen molar-refractivity contribution in [2.45, 2.75) is 20.0 Å². The van der Waals surface area contributed by atoms with Crippen LogP contribution in [0.15, 0.2) is 11.1 Å². The average molecular weight is 265 g/mol. The molecule has 2 atom stereocenters. The summed E-state index contributed by atoms with van der Waals surface area (Å²) < 4.78 is 36.2. The number of hydrogen-bond acceptors (Lipinski definition) is 2. The molecule has 0 saturated heterocycles. The van der Waals surface area contributed by atoms with Gasteiger partial charge in [0.05, 0.1) is 0 Å². The zero-order valence-electron chi connectivity index (χ0n) is 9.06. The van der Waals surface area contributed by atoms with Crippen LogP contribution in [0.1, 0.15) is 13.8 Å². The summed E-state index contributed by atoms with van der Waals surface area (Å²) in [7, 11) is 0. The Morgan fingerprint density at radius 3 is 2.12 bits per heavy atom. The molecule has 0 aliphatic heterocycles. The Hall–Kier alpha value is 0.290. The van der Waals surface area contributed by atoms with Gasteiger partial charge in [-0.15, -0.1) is 0 Å². The monoisotopic (exact) mass is 264 g/mol. The SMILES string of the molecule is CC1(C)[C@H](/C=C(\Cl)C(F)(F)F)[C@@H]1C(=O)[O-].[Na+]. The predicted octanol–water partition coefficient (Wildman–Crippen LogP) is -1.30. The first-order valence-corrected chi connectivity index (χ1v) is 4.61. The molecule has 1 fully saturated rings. The summed E-state index contributed by atoms with van der Waals surface area (Å²) in [4.78, 5) is 10.6. The summed E-state index contributed by atoms with van der Waals surface area (Å²) in [5, 5.41) is 9.28. The molecule has 1 aliphatic carbocycles. The van der Waals surface area contributed by atoms with Crippen molar-refractivity contribution in [3.63, 3.8) is 0 Å². The van der Waals surface area contributed by atoms with Gasteiger partial charge in [-0.3, -0.25) is 0 Å². The first-order valence-electron chi connectivity index (χ1n) is 4.24. The number of carbonyl (C=O) groups is 1. The van der Waals surface area contributed by atoms with Crippen molar-refractivity contribution < 1.29 is 52.6 Å². The molecule has 1 saturated carbocycles. The molecular formula is C9H9ClF3NaO2. The summed E-state index contributed by atoms with van der Waals surface area (Å²) in [5.74, 6) is -2.95. The Labute approximate surface area is 118 Å². The van der Waals surface area contributed by atoms with Gasteiger partial charge in [-0.2, -0.15) is 13.2 Å². The Kier molecular flexibility index (Phi) is 4.97. The third-order valence-electron chi connectivity index (χ3n) is 2.76. The van der Waals surface area contributed by atoms with Gasteiger partial charge in [0.2, 0.25) is 0 Å². The number of aliphatic carboxylic acids is 1. The second-order valence-corrected chi connectivity index (χ2v) is 4.56. The molecule has 0 unspecified atom stereocenters. The number of carboxylic acid groups (broad SMARTS) is 1. The van der Waals surface area contributed by atoms with Crippen LogP contribution in [0.3, 0.4) is 0 Å². The molecule has 0 bridgehead atoms. The number of hydrogen-bond donors (Lipinski definition) is 0. The van der Waals surface area contributed by atoms with Gasteiger partial charge < -0.3 is 9.90 Å². The fourth-order valence-corrected chi connectivity index (χ4v) is 1.83. The van der Waals surface area contributed by atoms with E-state index in [-0.39, 0.29) is 29.6 Å². The van der Waals surface area contributed by atoms with E-state index in [0.717, 1.165) is 6.08 Å². The maximum absolute atomic E-state index is 12.1. The molecule has 0 heterocycles. The topological polar surface area (TPSA) is 40.1 Å². The minimum absolute atomic E-state index is 0. The number of allylic oxidation sites excluding steroid dienone is 2. The Morgan fingerprint density at radius 1 is 1.44 bits per heavy atom. The maximum atomic E-state index is 12.1. The van der Waals surface area contributed by atoms with Crippen LogP contribution in [0.4, 0.5) is 13.2 Å². The molecule has 1 aliphatic rings. The van der Waals surface area contributed by atoms with Crippen LogP contribution in [-0.2, 0) is 4.79 Å². The molecule has 0 aromatic carbocycles. The van der Waals surface area contributed by atoms with E-state index in [2.05, 4.69) is 0 Å². The number of carbonyl (C=O) groups excluding carboxylic acids is 1. The third-order valence-corrected chi connectivity index (χ3v) is 3.10. The van der Waals surface area contributed by atoms with E-state index >= 15 is 0 Å². The Bertz CT molecular complexity index is 325. The maximum Gasteiger partial charge on any atom is 1.00 e. The van der Waals surface area contributed by atoms with Crippen LogP contribution in [-0.4, -0.2) is 12.1 Å². The first kappa shape index (κ1) is 16.3. The van der Waals surface area contributed by atoms with Crippen LogP contribution in [0.5, 0.6) is 0 Å². The predicted molar refractivity (Wildman–Crippen MR) is 45.8 cm³/mol. The summed E-state index contributed by atoms with van der Waals surface area (Å²) in [6.07, 6.45) is -3.86. The second-order valence-electron chi connectivity index (χ2n) is 4.16. The van der Waals surface area contributed by atoms with Crippen molar-refractivity contribution in [3.8, 4) is 0 Å². The zero-order valence-corrected chi connectivity index (χ0v) is 11.8. The molecule has 0 amide bonds. The van der Waals surface area contributed by atoms with Gasteiger partial charge in [0, 0.05) is 11.9 Å². The molecule has 0 N–H and O–H groups in total. The Morgan fingerprint density at radius 2 is 1.88 bits per heavy atom. The van der Waals surface area contributed by atoms with Crippen LogP contribution in [0.25, 0.3) is 0 Å². The van der Waals surface area contributed by atoms with Crippen LogP contribution >= 0.6 is 11.6 Å². The molecule has 86 valence electrons. The van der Waals surface area contributed by atoms with Gasteiger partial charge in [-0.1, -0.05) is 31.5 Å². The summed E-state index contributed by atoms with van der Waals surface area (Å²) >= 11 is 5.01. The first-order chi connectivity index (χ1) is 6.58. The van der Waals surface area contributed by atoms with Crippen molar-refractivity contribution in [1.29, 1.82) is 0 Å². The number of rotatable bonds is 2. The van der Waals surface area contributed by atoms with Crippen molar-refractivity contribution >= 4 is 17.6 Å². The van der Waals surface area contributed by atoms with Crippen molar-refractivity contribution in [1.82, 2.24) is 0 Å². The van der Waals surface area contributed by atoms with Crippen molar-refractivity contribution in [2.24, 2.45) is 17.3 Å². The molecule has 0 spiro atoms. The minimum Gasteiger partial charge on any atom is -0.550 e. The minimum atomic E-state index is -4.61. The standard InChI is InChI=1S/C9H10ClF3O2.Na/c1-8(2)4(6(8)7(14)15)3-5(10)9(11,12)13;/h3-4,6H,1-2H3,(H,14,15);/q;+1/p-1/b5-3-;/t4-,6-;/m1./s1. The van der Waals surface area contributed by atoms with Gasteiger partial charge in [-0.05, 0) is 11.3 Å². The molecule has 16 heavy (non-hydrogen) atoms. The quantitative estimate of drug-likeness (QED) is 0.582. The smallest absolute Gasteiger partial charge is 0.550 e. The van der Waals surface area contributed by atoms with Gasteiger partial charge >= 0.3 is 35.7 Å². The normalized spacial score (nSPS) is 28.2. The van der Waals surface area contributed by atoms with E-state index in [0.29, 0.717) is 0 Å². The molecule has 0 aromatic heterocycles. The van der Waals surface area contributed by atoms with E-state index in [4.69, 9.17) is 11.6 Å². The number of halogens is 4. The largest absolute Gasteiger partial charge is 1.00 e. The average Bonchev–Trinajstić information content (AvgIpc) is 2.50. The Balaban J connectivity index is 0.00000225. The van der Waals surface area contributed by atoms with E-state index in [1.165, 1.54) is 0 Å². The summed E-state index contributed by atoms with van der Waals surface area (Å²) in [6.45, 7) is 3.13. The van der Waals surface area contributed by atoms with E-state index in [9.17, 15) is 23.1 Å². The summed E-state index contributed by atoms with van der Waals surface area (Å²) in [5.41, 5.74) is -0.718. The summed E-state index contributed by atoms with van der Waals surface area (Å²) in [6, 6.07) is 0.